The van der Waals surface area contributed by atoms with Crippen LogP contribution in [0.3, 0.4) is 0 Å². The number of aryl methyl sites for hydroxylation is 1. The first-order valence-corrected chi connectivity index (χ1v) is 7.54. The van der Waals surface area contributed by atoms with E-state index < -0.39 is 17.3 Å². The zero-order chi connectivity index (χ0) is 16.7. The summed E-state index contributed by atoms with van der Waals surface area (Å²) in [7, 11) is 0. The Morgan fingerprint density at radius 1 is 1.48 bits per heavy atom. The number of rotatable bonds is 3. The smallest absolute Gasteiger partial charge is 0.341 e. The number of carbonyl (C=O) groups is 1. The molecule has 1 aliphatic rings. The average Bonchev–Trinajstić information content (AvgIpc) is 2.93. The van der Waals surface area contributed by atoms with Gasteiger partial charge in [-0.3, -0.25) is 9.20 Å². The van der Waals surface area contributed by atoms with Crippen molar-refractivity contribution in [3.63, 3.8) is 0 Å². The Morgan fingerprint density at radius 3 is 2.78 bits per heavy atom. The Morgan fingerprint density at radius 2 is 2.22 bits per heavy atom. The minimum atomic E-state index is -1.31. The van der Waals surface area contributed by atoms with Crippen LogP contribution in [0.1, 0.15) is 29.3 Å². The number of carboxylic acids is 1. The number of hydrogen-bond acceptors (Lipinski definition) is 4. The lowest BCUT2D eigenvalue weighted by Gasteiger charge is -2.20. The second kappa shape index (κ2) is 5.66. The fourth-order valence-corrected chi connectivity index (χ4v) is 3.06. The van der Waals surface area contributed by atoms with E-state index in [0.29, 0.717) is 36.3 Å². The molecule has 3 rings (SSSR count). The third kappa shape index (κ3) is 2.57. The molecule has 0 bridgehead atoms. The van der Waals surface area contributed by atoms with E-state index in [9.17, 15) is 14.0 Å². The van der Waals surface area contributed by atoms with Gasteiger partial charge in [0.25, 0.3) is 5.56 Å². The molecule has 2 aromatic rings. The van der Waals surface area contributed by atoms with E-state index in [1.54, 1.807) is 6.07 Å². The van der Waals surface area contributed by atoms with Crippen molar-refractivity contribution in [1.82, 2.24) is 4.40 Å². The highest BCUT2D eigenvalue weighted by Crippen LogP contribution is 2.26. The molecule has 3 heterocycles. The van der Waals surface area contributed by atoms with Crippen LogP contribution in [-0.4, -0.2) is 34.6 Å². The molecule has 1 saturated heterocycles. The average molecular weight is 319 g/mol. The van der Waals surface area contributed by atoms with Gasteiger partial charge in [0, 0.05) is 19.1 Å². The maximum atomic E-state index is 14.5. The number of nitrogens with zero attached hydrogens (tertiary/aromatic N) is 2. The molecule has 0 aromatic carbocycles. The van der Waals surface area contributed by atoms with E-state index in [4.69, 9.17) is 10.8 Å². The maximum absolute atomic E-state index is 14.5. The van der Waals surface area contributed by atoms with Crippen molar-refractivity contribution in [2.45, 2.75) is 25.8 Å². The molecule has 23 heavy (non-hydrogen) atoms. The monoisotopic (exact) mass is 319 g/mol. The first kappa shape index (κ1) is 15.5. The van der Waals surface area contributed by atoms with Crippen LogP contribution >= 0.6 is 0 Å². The molecule has 1 unspecified atom stereocenters. The number of hydrogen-bond donors (Lipinski definition) is 2. The number of pyridine rings is 2. The minimum absolute atomic E-state index is 0.00727. The van der Waals surface area contributed by atoms with Crippen molar-refractivity contribution in [3.05, 3.63) is 45.6 Å². The molecular formula is C16H18FN3O3. The molecule has 0 saturated carbocycles. The first-order chi connectivity index (χ1) is 10.9. The van der Waals surface area contributed by atoms with Gasteiger partial charge in [-0.15, -0.1) is 0 Å². The third-order valence-corrected chi connectivity index (χ3v) is 4.29. The van der Waals surface area contributed by atoms with Crippen molar-refractivity contribution >= 4 is 17.2 Å². The van der Waals surface area contributed by atoms with Crippen LogP contribution in [0.25, 0.3) is 5.52 Å². The number of anilines is 1. The van der Waals surface area contributed by atoms with Gasteiger partial charge in [-0.25, -0.2) is 9.18 Å². The van der Waals surface area contributed by atoms with Gasteiger partial charge in [-0.1, -0.05) is 6.92 Å². The summed E-state index contributed by atoms with van der Waals surface area (Å²) in [5.74, 6) is -1.87. The molecule has 0 radical (unpaired) electrons. The van der Waals surface area contributed by atoms with Crippen LogP contribution in [0.2, 0.25) is 0 Å². The number of halogens is 1. The van der Waals surface area contributed by atoms with Crippen molar-refractivity contribution in [3.8, 4) is 0 Å². The van der Waals surface area contributed by atoms with Crippen LogP contribution in [0, 0.1) is 5.82 Å². The van der Waals surface area contributed by atoms with Crippen molar-refractivity contribution < 1.29 is 14.3 Å². The number of nitrogens with two attached hydrogens (primary N) is 1. The van der Waals surface area contributed by atoms with E-state index in [1.807, 2.05) is 11.8 Å². The maximum Gasteiger partial charge on any atom is 0.341 e. The lowest BCUT2D eigenvalue weighted by Crippen LogP contribution is -2.28. The number of aromatic carboxylic acids is 1. The second-order valence-electron chi connectivity index (χ2n) is 5.80. The molecule has 122 valence electrons. The SMILES string of the molecule is CCc1cc(C(=O)O)c(=O)n2cc(F)c(N3CCC(N)C3)cc12. The van der Waals surface area contributed by atoms with Crippen LogP contribution in [0.4, 0.5) is 10.1 Å². The zero-order valence-corrected chi connectivity index (χ0v) is 12.8. The van der Waals surface area contributed by atoms with E-state index in [2.05, 4.69) is 0 Å². The van der Waals surface area contributed by atoms with Crippen molar-refractivity contribution in [2.75, 3.05) is 18.0 Å². The quantitative estimate of drug-likeness (QED) is 0.888. The molecule has 1 aliphatic heterocycles. The highest BCUT2D eigenvalue weighted by molar-refractivity contribution is 5.88. The number of carboxylic acid groups (broad SMARTS) is 1. The van der Waals surface area contributed by atoms with Gasteiger partial charge in [0.1, 0.15) is 5.56 Å². The summed E-state index contributed by atoms with van der Waals surface area (Å²) in [5, 5.41) is 9.14. The highest BCUT2D eigenvalue weighted by atomic mass is 19.1. The van der Waals surface area contributed by atoms with E-state index in [0.717, 1.165) is 17.0 Å². The zero-order valence-electron chi connectivity index (χ0n) is 12.8. The van der Waals surface area contributed by atoms with Crippen LogP contribution in [0.15, 0.2) is 23.1 Å². The summed E-state index contributed by atoms with van der Waals surface area (Å²) in [5.41, 5.74) is 6.41. The van der Waals surface area contributed by atoms with Crippen LogP contribution in [0.5, 0.6) is 0 Å². The molecule has 3 N–H and O–H groups in total. The summed E-state index contributed by atoms with van der Waals surface area (Å²) in [4.78, 5) is 25.3. The molecule has 0 amide bonds. The van der Waals surface area contributed by atoms with Gasteiger partial charge in [-0.05, 0) is 30.5 Å². The van der Waals surface area contributed by atoms with E-state index in [1.165, 1.54) is 6.07 Å². The summed E-state index contributed by atoms with van der Waals surface area (Å²) >= 11 is 0. The molecule has 0 spiro atoms. The van der Waals surface area contributed by atoms with Gasteiger partial charge < -0.3 is 15.7 Å². The summed E-state index contributed by atoms with van der Waals surface area (Å²) in [6.07, 6.45) is 2.40. The lowest BCUT2D eigenvalue weighted by molar-refractivity contribution is 0.0694. The Hall–Kier alpha value is -2.41. The second-order valence-corrected chi connectivity index (χ2v) is 5.80. The minimum Gasteiger partial charge on any atom is -0.477 e. The van der Waals surface area contributed by atoms with Crippen LogP contribution in [-0.2, 0) is 6.42 Å². The summed E-state index contributed by atoms with van der Waals surface area (Å²) in [6, 6.07) is 2.99. The third-order valence-electron chi connectivity index (χ3n) is 4.29. The fraction of sp³-hybridized carbons (Fsp3) is 0.375. The Labute approximate surface area is 131 Å². The molecule has 6 nitrogen and oxygen atoms in total. The van der Waals surface area contributed by atoms with Gasteiger partial charge in [-0.2, -0.15) is 0 Å². The van der Waals surface area contributed by atoms with Gasteiger partial charge in [0.2, 0.25) is 0 Å². The van der Waals surface area contributed by atoms with Crippen molar-refractivity contribution in [2.24, 2.45) is 5.73 Å². The molecule has 2 aromatic heterocycles. The predicted octanol–water partition coefficient (Wildman–Crippen LogP) is 1.24. The first-order valence-electron chi connectivity index (χ1n) is 7.54. The van der Waals surface area contributed by atoms with E-state index >= 15 is 0 Å². The predicted molar refractivity (Wildman–Crippen MR) is 84.8 cm³/mol. The lowest BCUT2D eigenvalue weighted by atomic mass is 10.1. The normalized spacial score (nSPS) is 17.9. The van der Waals surface area contributed by atoms with Crippen LogP contribution < -0.4 is 16.2 Å². The topological polar surface area (TPSA) is 88.0 Å². The standard InChI is InChI=1S/C16H18FN3O3/c1-2-9-5-11(16(22)23)15(21)20-8-12(17)14(6-13(9)20)19-4-3-10(18)7-19/h5-6,8,10H,2-4,7,18H2,1H3,(H,22,23). The largest absolute Gasteiger partial charge is 0.477 e. The molecule has 0 aliphatic carbocycles. The highest BCUT2D eigenvalue weighted by Gasteiger charge is 2.23. The van der Waals surface area contributed by atoms with E-state index in [-0.39, 0.29) is 11.6 Å². The molecule has 7 heteroatoms. The van der Waals surface area contributed by atoms with Gasteiger partial charge in [0.15, 0.2) is 5.82 Å². The van der Waals surface area contributed by atoms with Gasteiger partial charge in [0.05, 0.1) is 17.4 Å². The molecular weight excluding hydrogens is 301 g/mol. The molecule has 1 atom stereocenters. The summed E-state index contributed by atoms with van der Waals surface area (Å²) < 4.78 is 15.5. The van der Waals surface area contributed by atoms with Crippen molar-refractivity contribution in [1.29, 1.82) is 0 Å². The summed E-state index contributed by atoms with van der Waals surface area (Å²) in [6.45, 7) is 3.08. The Kier molecular flexibility index (Phi) is 3.81. The fourth-order valence-electron chi connectivity index (χ4n) is 3.06. The number of fused-ring (bicyclic) bond motifs is 1. The Bertz CT molecular complexity index is 847. The Balaban J connectivity index is 2.25. The van der Waals surface area contributed by atoms with Gasteiger partial charge >= 0.3 is 5.97 Å². The number of aromatic nitrogens is 1. The molecule has 1 fully saturated rings.